The molecule has 2 aromatic heterocycles. The second-order valence-corrected chi connectivity index (χ2v) is 17.2. The van der Waals surface area contributed by atoms with Crippen LogP contribution in [0.5, 0.6) is 0 Å². The van der Waals surface area contributed by atoms with Crippen LogP contribution in [0.3, 0.4) is 0 Å². The fourth-order valence-corrected chi connectivity index (χ4v) is 10.1. The van der Waals surface area contributed by atoms with Gasteiger partial charge in [0.15, 0.2) is 29.5 Å². The lowest BCUT2D eigenvalue weighted by Gasteiger charge is -2.30. The number of fused-ring (bicyclic) bond motifs is 8. The minimum Gasteiger partial charge on any atom is -0.469 e. The maximum atomic E-state index is 6.76. The fraction of sp³-hybridized carbons (Fsp3) is 0.164. The van der Waals surface area contributed by atoms with Gasteiger partial charge in [-0.2, -0.15) is 0 Å². The van der Waals surface area contributed by atoms with Crippen LogP contribution < -0.4 is 0 Å². The van der Waals surface area contributed by atoms with Crippen LogP contribution in [0.2, 0.25) is 0 Å². The Labute approximate surface area is 355 Å². The van der Waals surface area contributed by atoms with Gasteiger partial charge in [0.2, 0.25) is 0 Å². The summed E-state index contributed by atoms with van der Waals surface area (Å²) >= 11 is 0. The monoisotopic (exact) mass is 789 g/mol. The molecule has 0 N–H and O–H groups in total. The maximum absolute atomic E-state index is 6.76. The molecule has 0 amide bonds. The van der Waals surface area contributed by atoms with Crippen LogP contribution in [-0.4, -0.2) is 31.5 Å². The molecule has 0 fully saturated rings. The average Bonchev–Trinajstić information content (AvgIpc) is 3.98. The summed E-state index contributed by atoms with van der Waals surface area (Å²) in [5.74, 6) is 3.12. The van der Waals surface area contributed by atoms with Crippen LogP contribution in [-0.2, 0) is 10.2 Å². The summed E-state index contributed by atoms with van der Waals surface area (Å²) in [5, 5.41) is 2.35. The molecule has 3 atom stereocenters. The molecule has 1 aliphatic heterocycles. The summed E-state index contributed by atoms with van der Waals surface area (Å²) < 4.78 is 9.17. The molecule has 6 nitrogen and oxygen atoms in total. The van der Waals surface area contributed by atoms with Gasteiger partial charge in [0, 0.05) is 44.5 Å². The van der Waals surface area contributed by atoms with Crippen molar-refractivity contribution in [3.63, 3.8) is 0 Å². The molecule has 3 unspecified atom stereocenters. The zero-order chi connectivity index (χ0) is 40.7. The molecule has 6 heteroatoms. The van der Waals surface area contributed by atoms with Crippen LogP contribution in [0.15, 0.2) is 186 Å². The summed E-state index contributed by atoms with van der Waals surface area (Å²) in [4.78, 5) is 20.2. The highest BCUT2D eigenvalue weighted by atomic mass is 16.5. The van der Waals surface area contributed by atoms with E-state index in [0.29, 0.717) is 17.5 Å². The molecule has 0 bridgehead atoms. The lowest BCUT2D eigenvalue weighted by atomic mass is 9.77. The average molecular weight is 790 g/mol. The van der Waals surface area contributed by atoms with Crippen LogP contribution in [0.4, 0.5) is 0 Å². The normalized spacial score (nSPS) is 20.7. The molecule has 0 radical (unpaired) electrons. The first kappa shape index (κ1) is 35.7. The fourth-order valence-electron chi connectivity index (χ4n) is 10.1. The quantitative estimate of drug-likeness (QED) is 0.168. The molecule has 5 aromatic carbocycles. The molecule has 294 valence electrons. The highest BCUT2D eigenvalue weighted by molar-refractivity contribution is 6.12. The Morgan fingerprint density at radius 2 is 1.30 bits per heavy atom. The van der Waals surface area contributed by atoms with Crippen LogP contribution in [0.25, 0.3) is 72.8 Å². The molecule has 12 rings (SSSR count). The summed E-state index contributed by atoms with van der Waals surface area (Å²) in [5.41, 5.74) is 13.7. The van der Waals surface area contributed by atoms with Gasteiger partial charge in [0.1, 0.15) is 0 Å². The molecule has 61 heavy (non-hydrogen) atoms. The van der Waals surface area contributed by atoms with E-state index in [1.807, 2.05) is 36.4 Å². The number of ether oxygens (including phenoxy) is 1. The van der Waals surface area contributed by atoms with Crippen molar-refractivity contribution in [3.05, 3.63) is 192 Å². The van der Waals surface area contributed by atoms with Gasteiger partial charge in [0.05, 0.1) is 22.6 Å². The van der Waals surface area contributed by atoms with Crippen molar-refractivity contribution in [2.75, 3.05) is 0 Å². The Balaban J connectivity index is 0.974. The Morgan fingerprint density at radius 3 is 1.97 bits per heavy atom. The van der Waals surface area contributed by atoms with E-state index in [9.17, 15) is 0 Å². The third kappa shape index (κ3) is 5.84. The predicted molar refractivity (Wildman–Crippen MR) is 248 cm³/mol. The van der Waals surface area contributed by atoms with Crippen LogP contribution in [0.1, 0.15) is 50.2 Å². The number of nitrogens with zero attached hydrogens (tertiary/aromatic N) is 5. The van der Waals surface area contributed by atoms with Gasteiger partial charge in [-0.3, -0.25) is 0 Å². The van der Waals surface area contributed by atoms with E-state index in [4.69, 9.17) is 24.7 Å². The molecule has 3 heterocycles. The van der Waals surface area contributed by atoms with Crippen molar-refractivity contribution < 1.29 is 4.74 Å². The number of hydrogen-bond acceptors (Lipinski definition) is 5. The summed E-state index contributed by atoms with van der Waals surface area (Å²) in [7, 11) is 0. The highest BCUT2D eigenvalue weighted by Gasteiger charge is 2.50. The van der Waals surface area contributed by atoms with Crippen molar-refractivity contribution >= 4 is 33.4 Å². The molecule has 0 saturated heterocycles. The molecule has 0 spiro atoms. The van der Waals surface area contributed by atoms with E-state index in [1.54, 1.807) is 0 Å². The van der Waals surface area contributed by atoms with Crippen molar-refractivity contribution in [2.45, 2.75) is 50.5 Å². The van der Waals surface area contributed by atoms with E-state index in [-0.39, 0.29) is 23.4 Å². The third-order valence-electron chi connectivity index (χ3n) is 13.2. The zero-order valence-corrected chi connectivity index (χ0v) is 34.2. The van der Waals surface area contributed by atoms with Gasteiger partial charge in [-0.05, 0) is 95.6 Å². The second-order valence-electron chi connectivity index (χ2n) is 17.2. The highest BCUT2D eigenvalue weighted by Crippen LogP contribution is 2.56. The topological polar surface area (TPSA) is 65.2 Å². The minimum absolute atomic E-state index is 0.0996. The van der Waals surface area contributed by atoms with E-state index in [2.05, 4.69) is 152 Å². The van der Waals surface area contributed by atoms with Crippen molar-refractivity contribution in [2.24, 2.45) is 10.9 Å². The number of aliphatic imine (C=N–C) groups is 1. The number of benzene rings is 5. The van der Waals surface area contributed by atoms with Gasteiger partial charge in [-0.1, -0.05) is 135 Å². The smallest absolute Gasteiger partial charge is 0.196 e. The van der Waals surface area contributed by atoms with Crippen molar-refractivity contribution in [1.82, 2.24) is 19.5 Å². The van der Waals surface area contributed by atoms with Gasteiger partial charge < -0.3 is 9.30 Å². The first-order valence-electron chi connectivity index (χ1n) is 21.5. The van der Waals surface area contributed by atoms with Crippen LogP contribution in [0, 0.1) is 5.92 Å². The molecular weight excluding hydrogens is 747 g/mol. The van der Waals surface area contributed by atoms with Gasteiger partial charge >= 0.3 is 0 Å². The van der Waals surface area contributed by atoms with Crippen molar-refractivity contribution in [3.8, 4) is 45.3 Å². The maximum Gasteiger partial charge on any atom is 0.196 e. The van der Waals surface area contributed by atoms with Crippen molar-refractivity contribution in [1.29, 1.82) is 0 Å². The van der Waals surface area contributed by atoms with E-state index >= 15 is 0 Å². The molecule has 4 aliphatic carbocycles. The lowest BCUT2D eigenvalue weighted by Crippen LogP contribution is -2.28. The van der Waals surface area contributed by atoms with Gasteiger partial charge in [-0.15, -0.1) is 0 Å². The number of allylic oxidation sites excluding steroid dienone is 9. The summed E-state index contributed by atoms with van der Waals surface area (Å²) in [6.07, 6.45) is 22.9. The number of rotatable bonds is 6. The first-order chi connectivity index (χ1) is 30.0. The summed E-state index contributed by atoms with van der Waals surface area (Å²) in [6.45, 7) is 4.73. The largest absolute Gasteiger partial charge is 0.469 e. The molecular formula is C55H43N5O. The van der Waals surface area contributed by atoms with E-state index in [0.717, 1.165) is 58.5 Å². The lowest BCUT2D eigenvalue weighted by molar-refractivity contribution is 0.210. The summed E-state index contributed by atoms with van der Waals surface area (Å²) in [6, 6.07) is 41.1. The molecule has 5 aliphatic rings. The second kappa shape index (κ2) is 14.0. The molecule has 0 saturated carbocycles. The Hall–Kier alpha value is -7.18. The third-order valence-corrected chi connectivity index (χ3v) is 13.2. The van der Waals surface area contributed by atoms with E-state index < -0.39 is 0 Å². The van der Waals surface area contributed by atoms with Gasteiger partial charge in [-0.25, -0.2) is 19.9 Å². The minimum atomic E-state index is -0.159. The first-order valence-corrected chi connectivity index (χ1v) is 21.5. The predicted octanol–water partition coefficient (Wildman–Crippen LogP) is 13.0. The zero-order valence-electron chi connectivity index (χ0n) is 34.2. The Kier molecular flexibility index (Phi) is 8.18. The van der Waals surface area contributed by atoms with Gasteiger partial charge in [0.25, 0.3) is 0 Å². The SMILES string of the molecule is CC1(C)C2=CC=C3N=C(C4C=CC=CC4)OC3C2c2ccc(-c3ccc4c(c3)c3cc(-c5nc(-c6ccccc6)nc(-c6ccccc6)n5)ccc3n4C3=CCCC=C3)cc21. The Morgan fingerprint density at radius 1 is 0.639 bits per heavy atom. The van der Waals surface area contributed by atoms with Crippen LogP contribution >= 0.6 is 0 Å². The number of hydrogen-bond donors (Lipinski definition) is 0. The Bertz CT molecular complexity index is 3120. The molecule has 7 aromatic rings. The van der Waals surface area contributed by atoms with E-state index in [1.165, 1.54) is 44.4 Å². The standard InChI is InChI=1S/C55H43N5O/c1-55(2)44-27-28-46-50(61-54(56-46)36-19-11-5-12-20-36)49(44)41-26-23-38(33-45(41)55)37-24-29-47-42(31-37)43-32-39(25-30-48(43)60(47)40-21-13-6-14-22-40)53-58-51(34-15-7-3-8-16-34)57-52(59-53)35-17-9-4-10-18-35/h3-5,7-13,15-19,21-33,36,49-50H,6,14,20H2,1-2H3. The number of aromatic nitrogens is 4.